The van der Waals surface area contributed by atoms with Gasteiger partial charge in [-0.3, -0.25) is 9.59 Å². The topological polar surface area (TPSA) is 58.6 Å². The number of carbonyl (C=O) groups excluding carboxylic acids is 2. The van der Waals surface area contributed by atoms with Gasteiger partial charge in [0, 0.05) is 13.1 Å². The number of hydrogen-bond donors (Lipinski definition) is 1. The average Bonchev–Trinajstić information content (AvgIpc) is 2.72. The van der Waals surface area contributed by atoms with E-state index >= 15 is 0 Å². The van der Waals surface area contributed by atoms with Crippen molar-refractivity contribution in [3.8, 4) is 5.75 Å². The van der Waals surface area contributed by atoms with Crippen LogP contribution in [-0.2, 0) is 16.1 Å². The summed E-state index contributed by atoms with van der Waals surface area (Å²) in [6.07, 6.45) is 1.92. The molecular weight excluding hydrogens is 364 g/mol. The minimum Gasteiger partial charge on any atom is -0.484 e. The highest BCUT2D eigenvalue weighted by molar-refractivity contribution is 5.87. The maximum atomic E-state index is 13.0. The summed E-state index contributed by atoms with van der Waals surface area (Å²) in [4.78, 5) is 27.1. The Morgan fingerprint density at radius 1 is 1.00 bits per heavy atom. The molecule has 5 nitrogen and oxygen atoms in total. The molecule has 0 aliphatic rings. The summed E-state index contributed by atoms with van der Waals surface area (Å²) in [5.41, 5.74) is 3.26. The first kappa shape index (κ1) is 22.5. The van der Waals surface area contributed by atoms with Gasteiger partial charge in [0.15, 0.2) is 6.61 Å². The van der Waals surface area contributed by atoms with Crippen LogP contribution in [0.4, 0.5) is 0 Å². The molecule has 1 atom stereocenters. The van der Waals surface area contributed by atoms with E-state index in [9.17, 15) is 9.59 Å². The molecule has 2 rings (SSSR count). The molecule has 2 aromatic rings. The van der Waals surface area contributed by atoms with Crippen LogP contribution in [0.25, 0.3) is 0 Å². The van der Waals surface area contributed by atoms with E-state index < -0.39 is 6.04 Å². The van der Waals surface area contributed by atoms with E-state index in [0.717, 1.165) is 29.5 Å². The third-order valence-corrected chi connectivity index (χ3v) is 4.85. The molecular formula is C24H32N2O3. The largest absolute Gasteiger partial charge is 0.484 e. The smallest absolute Gasteiger partial charge is 0.261 e. The first-order chi connectivity index (χ1) is 13.9. The molecule has 0 aliphatic heterocycles. The number of benzene rings is 2. The van der Waals surface area contributed by atoms with E-state index in [1.54, 1.807) is 11.8 Å². The van der Waals surface area contributed by atoms with E-state index in [1.165, 1.54) is 0 Å². The highest BCUT2D eigenvalue weighted by Gasteiger charge is 2.26. The number of amides is 2. The molecule has 0 radical (unpaired) electrons. The molecule has 0 heterocycles. The van der Waals surface area contributed by atoms with Gasteiger partial charge in [-0.1, -0.05) is 60.9 Å². The number of nitrogens with zero attached hydrogens (tertiary/aromatic N) is 1. The predicted octanol–water partition coefficient (Wildman–Crippen LogP) is 4.02. The Labute approximate surface area is 174 Å². The zero-order valence-corrected chi connectivity index (χ0v) is 17.9. The number of nitrogens with one attached hydrogen (secondary N) is 1. The van der Waals surface area contributed by atoms with Crippen molar-refractivity contribution in [2.45, 2.75) is 53.1 Å². The second kappa shape index (κ2) is 11.2. The number of ether oxygens (including phenoxy) is 1. The second-order valence-electron chi connectivity index (χ2n) is 7.43. The predicted molar refractivity (Wildman–Crippen MR) is 116 cm³/mol. The van der Waals surface area contributed by atoms with Crippen molar-refractivity contribution in [3.63, 3.8) is 0 Å². The highest BCUT2D eigenvalue weighted by Crippen LogP contribution is 2.14. The van der Waals surface area contributed by atoms with Gasteiger partial charge in [0.2, 0.25) is 5.91 Å². The van der Waals surface area contributed by atoms with Crippen molar-refractivity contribution in [1.82, 2.24) is 10.2 Å². The minimum atomic E-state index is -0.581. The first-order valence-corrected chi connectivity index (χ1v) is 10.2. The van der Waals surface area contributed by atoms with Gasteiger partial charge in [-0.15, -0.1) is 0 Å². The normalized spacial score (nSPS) is 11.6. The van der Waals surface area contributed by atoms with Crippen molar-refractivity contribution in [1.29, 1.82) is 0 Å². The molecule has 0 saturated heterocycles. The summed E-state index contributed by atoms with van der Waals surface area (Å²) in [6.45, 7) is 8.72. The zero-order chi connectivity index (χ0) is 21.2. The van der Waals surface area contributed by atoms with E-state index in [1.807, 2.05) is 62.4 Å². The Balaban J connectivity index is 2.08. The van der Waals surface area contributed by atoms with Crippen LogP contribution in [0.3, 0.4) is 0 Å². The first-order valence-electron chi connectivity index (χ1n) is 10.2. The van der Waals surface area contributed by atoms with Crippen LogP contribution in [-0.4, -0.2) is 35.9 Å². The summed E-state index contributed by atoms with van der Waals surface area (Å²) in [6, 6.07) is 15.0. The highest BCUT2D eigenvalue weighted by atomic mass is 16.5. The number of unbranched alkanes of at least 4 members (excludes halogenated alkanes) is 1. The van der Waals surface area contributed by atoms with Crippen LogP contribution < -0.4 is 10.1 Å². The molecule has 5 heteroatoms. The maximum Gasteiger partial charge on any atom is 0.261 e. The minimum absolute atomic E-state index is 0.110. The Hall–Kier alpha value is -2.82. The van der Waals surface area contributed by atoms with Crippen LogP contribution in [0.15, 0.2) is 48.5 Å². The summed E-state index contributed by atoms with van der Waals surface area (Å²) in [5, 5.41) is 2.92. The summed E-state index contributed by atoms with van der Waals surface area (Å²) < 4.78 is 5.67. The Morgan fingerprint density at radius 2 is 1.59 bits per heavy atom. The fraction of sp³-hybridized carbons (Fsp3) is 0.417. The molecule has 0 unspecified atom stereocenters. The lowest BCUT2D eigenvalue weighted by Crippen LogP contribution is -2.49. The quantitative estimate of drug-likeness (QED) is 0.617. The van der Waals surface area contributed by atoms with E-state index in [-0.39, 0.29) is 18.4 Å². The van der Waals surface area contributed by atoms with Crippen LogP contribution >= 0.6 is 0 Å². The van der Waals surface area contributed by atoms with Gasteiger partial charge < -0.3 is 15.0 Å². The molecule has 0 aliphatic carbocycles. The Bertz CT molecular complexity index is 785. The fourth-order valence-electron chi connectivity index (χ4n) is 2.87. The molecule has 0 fully saturated rings. The lowest BCUT2D eigenvalue weighted by molar-refractivity contribution is -0.142. The van der Waals surface area contributed by atoms with Gasteiger partial charge in [-0.25, -0.2) is 0 Å². The molecule has 0 aromatic heterocycles. The van der Waals surface area contributed by atoms with E-state index in [2.05, 4.69) is 12.2 Å². The standard InChI is InChI=1S/C24H32N2O3/c1-5-6-15-25-24(28)20(4)26(16-21-11-7-18(2)8-12-21)23(27)17-29-22-13-9-19(3)10-14-22/h7-14,20H,5-6,15-17H2,1-4H3,(H,25,28)/t20-/m1/s1. The van der Waals surface area contributed by atoms with Crippen molar-refractivity contribution in [2.75, 3.05) is 13.2 Å². The van der Waals surface area contributed by atoms with Crippen LogP contribution in [0.5, 0.6) is 5.75 Å². The van der Waals surface area contributed by atoms with E-state index in [4.69, 9.17) is 4.74 Å². The second-order valence-corrected chi connectivity index (χ2v) is 7.43. The molecule has 0 spiro atoms. The molecule has 2 amide bonds. The van der Waals surface area contributed by atoms with Crippen molar-refractivity contribution in [2.24, 2.45) is 0 Å². The molecule has 2 aromatic carbocycles. The van der Waals surface area contributed by atoms with Crippen LogP contribution in [0.2, 0.25) is 0 Å². The number of hydrogen-bond acceptors (Lipinski definition) is 3. The lowest BCUT2D eigenvalue weighted by atomic mass is 10.1. The summed E-state index contributed by atoms with van der Waals surface area (Å²) >= 11 is 0. The monoisotopic (exact) mass is 396 g/mol. The number of carbonyl (C=O) groups is 2. The summed E-state index contributed by atoms with van der Waals surface area (Å²) in [7, 11) is 0. The third kappa shape index (κ3) is 7.26. The van der Waals surface area contributed by atoms with E-state index in [0.29, 0.717) is 18.8 Å². The lowest BCUT2D eigenvalue weighted by Gasteiger charge is -2.28. The van der Waals surface area contributed by atoms with Crippen LogP contribution in [0, 0.1) is 13.8 Å². The number of rotatable bonds is 10. The zero-order valence-electron chi connectivity index (χ0n) is 17.9. The Kier molecular flexibility index (Phi) is 8.71. The van der Waals surface area contributed by atoms with Gasteiger partial charge in [0.25, 0.3) is 5.91 Å². The molecule has 0 bridgehead atoms. The van der Waals surface area contributed by atoms with Crippen molar-refractivity contribution < 1.29 is 14.3 Å². The molecule has 156 valence electrons. The van der Waals surface area contributed by atoms with Crippen molar-refractivity contribution in [3.05, 3.63) is 65.2 Å². The number of aryl methyl sites for hydroxylation is 2. The van der Waals surface area contributed by atoms with Crippen LogP contribution in [0.1, 0.15) is 43.4 Å². The summed E-state index contributed by atoms with van der Waals surface area (Å²) in [5.74, 6) is 0.276. The van der Waals surface area contributed by atoms with Gasteiger partial charge >= 0.3 is 0 Å². The molecule has 29 heavy (non-hydrogen) atoms. The molecule has 1 N–H and O–H groups in total. The van der Waals surface area contributed by atoms with Crippen molar-refractivity contribution >= 4 is 11.8 Å². The third-order valence-electron chi connectivity index (χ3n) is 4.85. The SMILES string of the molecule is CCCCNC(=O)[C@@H](C)N(Cc1ccc(C)cc1)C(=O)COc1ccc(C)cc1. The van der Waals surface area contributed by atoms with Gasteiger partial charge in [-0.2, -0.15) is 0 Å². The fourth-order valence-corrected chi connectivity index (χ4v) is 2.87. The molecule has 0 saturated carbocycles. The van der Waals surface area contributed by atoms with Gasteiger partial charge in [0.1, 0.15) is 11.8 Å². The van der Waals surface area contributed by atoms with Gasteiger partial charge in [0.05, 0.1) is 0 Å². The maximum absolute atomic E-state index is 13.0. The average molecular weight is 397 g/mol. The van der Waals surface area contributed by atoms with Gasteiger partial charge in [-0.05, 0) is 44.9 Å². The Morgan fingerprint density at radius 3 is 2.17 bits per heavy atom.